The third-order valence-corrected chi connectivity index (χ3v) is 4.30. The normalized spacial score (nSPS) is 14.3. The summed E-state index contributed by atoms with van der Waals surface area (Å²) in [6.45, 7) is 2.50. The Balaban J connectivity index is 2.10. The predicted molar refractivity (Wildman–Crippen MR) is 101 cm³/mol. The number of non-ortho nitro benzene ring substituents is 1. The van der Waals surface area contributed by atoms with Crippen LogP contribution in [-0.4, -0.2) is 31.2 Å². The minimum absolute atomic E-state index is 0.0404. The molecular weight excluding hydrogens is 344 g/mol. The Morgan fingerprint density at radius 3 is 2.63 bits per heavy atom. The first-order chi connectivity index (χ1) is 13.1. The molecule has 134 valence electrons. The van der Waals surface area contributed by atoms with E-state index in [9.17, 15) is 15.4 Å². The number of benzene rings is 2. The van der Waals surface area contributed by atoms with Crippen LogP contribution in [0.25, 0.3) is 11.6 Å². The van der Waals surface area contributed by atoms with Gasteiger partial charge in [0.1, 0.15) is 0 Å². The molecule has 0 aromatic heterocycles. The highest BCUT2D eigenvalue weighted by Gasteiger charge is 2.18. The highest BCUT2D eigenvalue weighted by Crippen LogP contribution is 2.30. The summed E-state index contributed by atoms with van der Waals surface area (Å²) in [5.74, 6) is 0. The summed E-state index contributed by atoms with van der Waals surface area (Å²) in [6.07, 6.45) is 1.63. The summed E-state index contributed by atoms with van der Waals surface area (Å²) in [7, 11) is 0. The average Bonchev–Trinajstić information content (AvgIpc) is 2.72. The van der Waals surface area contributed by atoms with Crippen LogP contribution in [-0.2, 0) is 4.74 Å². The van der Waals surface area contributed by atoms with Crippen molar-refractivity contribution in [3.05, 3.63) is 69.3 Å². The van der Waals surface area contributed by atoms with Crippen LogP contribution in [0.5, 0.6) is 0 Å². The zero-order chi connectivity index (χ0) is 19.2. The monoisotopic (exact) mass is 360 g/mol. The van der Waals surface area contributed by atoms with E-state index in [2.05, 4.69) is 11.0 Å². The fourth-order valence-electron chi connectivity index (χ4n) is 2.96. The van der Waals surface area contributed by atoms with Gasteiger partial charge in [0, 0.05) is 36.5 Å². The van der Waals surface area contributed by atoms with Gasteiger partial charge in [0.05, 0.1) is 41.4 Å². The molecule has 7 heteroatoms. The van der Waals surface area contributed by atoms with E-state index in [0.29, 0.717) is 48.6 Å². The fourth-order valence-corrected chi connectivity index (χ4v) is 2.96. The van der Waals surface area contributed by atoms with Gasteiger partial charge in [-0.05, 0) is 29.8 Å². The van der Waals surface area contributed by atoms with Crippen molar-refractivity contribution in [3.63, 3.8) is 0 Å². The summed E-state index contributed by atoms with van der Waals surface area (Å²) in [4.78, 5) is 12.8. The van der Waals surface area contributed by atoms with Crippen LogP contribution in [0.2, 0.25) is 0 Å². The van der Waals surface area contributed by atoms with Gasteiger partial charge in [0.2, 0.25) is 0 Å². The molecule has 0 radical (unpaired) electrons. The maximum Gasteiger partial charge on any atom is 0.270 e. The van der Waals surface area contributed by atoms with Gasteiger partial charge in [0.15, 0.2) is 0 Å². The molecule has 3 rings (SSSR count). The van der Waals surface area contributed by atoms with Gasteiger partial charge >= 0.3 is 0 Å². The lowest BCUT2D eigenvalue weighted by Gasteiger charge is -2.30. The van der Waals surface area contributed by atoms with E-state index in [1.54, 1.807) is 36.4 Å². The molecule has 0 spiro atoms. The van der Waals surface area contributed by atoms with Crippen LogP contribution in [0.1, 0.15) is 16.7 Å². The van der Waals surface area contributed by atoms with E-state index in [-0.39, 0.29) is 5.69 Å². The second kappa shape index (κ2) is 8.13. The summed E-state index contributed by atoms with van der Waals surface area (Å²) < 4.78 is 5.37. The van der Waals surface area contributed by atoms with Gasteiger partial charge in [-0.3, -0.25) is 10.1 Å². The van der Waals surface area contributed by atoms with Gasteiger partial charge in [-0.25, -0.2) is 0 Å². The summed E-state index contributed by atoms with van der Waals surface area (Å²) >= 11 is 0. The Kier molecular flexibility index (Phi) is 5.46. The van der Waals surface area contributed by atoms with Gasteiger partial charge in [-0.2, -0.15) is 10.5 Å². The summed E-state index contributed by atoms with van der Waals surface area (Å²) in [5, 5.41) is 29.9. The zero-order valence-electron chi connectivity index (χ0n) is 14.5. The summed E-state index contributed by atoms with van der Waals surface area (Å²) in [6, 6.07) is 15.5. The lowest BCUT2D eigenvalue weighted by Crippen LogP contribution is -2.36. The third kappa shape index (κ3) is 4.12. The van der Waals surface area contributed by atoms with Crippen molar-refractivity contribution in [2.45, 2.75) is 0 Å². The Labute approximate surface area is 156 Å². The lowest BCUT2D eigenvalue weighted by molar-refractivity contribution is -0.384. The van der Waals surface area contributed by atoms with Crippen LogP contribution in [0.3, 0.4) is 0 Å². The van der Waals surface area contributed by atoms with Crippen LogP contribution in [0, 0.1) is 32.8 Å². The Morgan fingerprint density at radius 1 is 1.19 bits per heavy atom. The number of morpholine rings is 1. The van der Waals surface area contributed by atoms with Crippen molar-refractivity contribution in [1.29, 1.82) is 10.5 Å². The molecule has 1 aliphatic rings. The molecule has 0 N–H and O–H groups in total. The highest BCUT2D eigenvalue weighted by molar-refractivity contribution is 5.92. The standard InChI is InChI=1S/C20H16N4O3/c21-13-15-2-1-3-16(10-15)18(14-22)11-17-12-19(24(25)26)4-5-20(17)23-6-8-27-9-7-23/h1-5,10-12H,6-9H2. The summed E-state index contributed by atoms with van der Waals surface area (Å²) in [5.41, 5.74) is 2.73. The number of nitrogens with zero attached hydrogens (tertiary/aromatic N) is 4. The number of hydrogen-bond donors (Lipinski definition) is 0. The fraction of sp³-hybridized carbons (Fsp3) is 0.200. The van der Waals surface area contributed by atoms with Crippen molar-refractivity contribution in [1.82, 2.24) is 0 Å². The minimum Gasteiger partial charge on any atom is -0.378 e. The molecule has 0 bridgehead atoms. The SMILES string of the molecule is N#CC(=Cc1cc([N+](=O)[O-])ccc1N1CCOCC1)c1cccc(C#N)c1. The molecule has 2 aromatic rings. The molecule has 0 saturated carbocycles. The zero-order valence-corrected chi connectivity index (χ0v) is 14.5. The first-order valence-corrected chi connectivity index (χ1v) is 8.36. The number of rotatable bonds is 4. The number of nitro benzene ring substituents is 1. The van der Waals surface area contributed by atoms with Gasteiger partial charge in [-0.1, -0.05) is 12.1 Å². The molecule has 1 heterocycles. The number of anilines is 1. The number of hydrogen-bond acceptors (Lipinski definition) is 6. The van der Waals surface area contributed by atoms with E-state index < -0.39 is 4.92 Å². The molecule has 7 nitrogen and oxygen atoms in total. The second-order valence-electron chi connectivity index (χ2n) is 5.96. The molecule has 0 atom stereocenters. The average molecular weight is 360 g/mol. The van der Waals surface area contributed by atoms with Crippen LogP contribution in [0.4, 0.5) is 11.4 Å². The Bertz CT molecular complexity index is 979. The quantitative estimate of drug-likeness (QED) is 0.358. The van der Waals surface area contributed by atoms with Crippen LogP contribution < -0.4 is 4.90 Å². The lowest BCUT2D eigenvalue weighted by atomic mass is 10.0. The highest BCUT2D eigenvalue weighted by atomic mass is 16.6. The van der Waals surface area contributed by atoms with E-state index in [0.717, 1.165) is 5.69 Å². The van der Waals surface area contributed by atoms with E-state index in [1.165, 1.54) is 12.1 Å². The molecule has 0 aliphatic carbocycles. The topological polar surface area (TPSA) is 103 Å². The second-order valence-corrected chi connectivity index (χ2v) is 5.96. The van der Waals surface area contributed by atoms with Gasteiger partial charge < -0.3 is 9.64 Å². The molecule has 1 saturated heterocycles. The van der Waals surface area contributed by atoms with Crippen molar-refractivity contribution in [2.75, 3.05) is 31.2 Å². The van der Waals surface area contributed by atoms with Crippen LogP contribution in [0.15, 0.2) is 42.5 Å². The number of allylic oxidation sites excluding steroid dienone is 1. The molecular formula is C20H16N4O3. The molecule has 1 aliphatic heterocycles. The first kappa shape index (κ1) is 18.1. The maximum atomic E-state index is 11.2. The molecule has 0 unspecified atom stereocenters. The number of nitriles is 2. The van der Waals surface area contributed by atoms with Crippen LogP contribution >= 0.6 is 0 Å². The smallest absolute Gasteiger partial charge is 0.270 e. The van der Waals surface area contributed by atoms with Gasteiger partial charge in [-0.15, -0.1) is 0 Å². The van der Waals surface area contributed by atoms with Crippen molar-refractivity contribution >= 4 is 23.0 Å². The molecule has 27 heavy (non-hydrogen) atoms. The molecule has 1 fully saturated rings. The maximum absolute atomic E-state index is 11.2. The van der Waals surface area contributed by atoms with Crippen molar-refractivity contribution in [3.8, 4) is 12.1 Å². The van der Waals surface area contributed by atoms with E-state index >= 15 is 0 Å². The first-order valence-electron chi connectivity index (χ1n) is 8.36. The van der Waals surface area contributed by atoms with E-state index in [1.807, 2.05) is 6.07 Å². The third-order valence-electron chi connectivity index (χ3n) is 4.30. The van der Waals surface area contributed by atoms with Gasteiger partial charge in [0.25, 0.3) is 5.69 Å². The van der Waals surface area contributed by atoms with Crippen molar-refractivity contribution < 1.29 is 9.66 Å². The number of ether oxygens (including phenoxy) is 1. The predicted octanol–water partition coefficient (Wildman–Crippen LogP) is 3.37. The molecule has 0 amide bonds. The Morgan fingerprint density at radius 2 is 1.96 bits per heavy atom. The molecule has 2 aromatic carbocycles. The van der Waals surface area contributed by atoms with Crippen molar-refractivity contribution in [2.24, 2.45) is 0 Å². The van der Waals surface area contributed by atoms with E-state index in [4.69, 9.17) is 10.00 Å². The minimum atomic E-state index is -0.456. The number of nitro groups is 1. The largest absolute Gasteiger partial charge is 0.378 e. The Hall–Kier alpha value is -3.68.